The molecule has 0 heterocycles. The average molecular weight is 330 g/mol. The summed E-state index contributed by atoms with van der Waals surface area (Å²) in [5.41, 5.74) is 0.664. The van der Waals surface area contributed by atoms with Crippen LogP contribution in [-0.4, -0.2) is 7.05 Å². The molecule has 100 valence electrons. The highest BCUT2D eigenvalue weighted by Crippen LogP contribution is 2.27. The normalized spacial score (nSPS) is 12.5. The van der Waals surface area contributed by atoms with Gasteiger partial charge in [0.1, 0.15) is 17.5 Å². The molecule has 0 spiro atoms. The van der Waals surface area contributed by atoms with E-state index < -0.39 is 23.5 Å². The minimum absolute atomic E-state index is 0.143. The lowest BCUT2D eigenvalue weighted by atomic mass is 9.98. The van der Waals surface area contributed by atoms with Crippen molar-refractivity contribution in [2.75, 3.05) is 7.05 Å². The molecule has 0 saturated carbocycles. The Bertz CT molecular complexity index is 601. The Labute approximate surface area is 117 Å². The van der Waals surface area contributed by atoms with Crippen LogP contribution in [-0.2, 0) is 0 Å². The molecule has 0 amide bonds. The third-order valence-electron chi connectivity index (χ3n) is 2.83. The standard InChI is InChI=1S/C14H11BrF3N/c1-19-14(8-2-4-11(15)13(18)6-8)10-7-9(16)3-5-12(10)17/h2-7,14,19H,1H3. The number of benzene rings is 2. The lowest BCUT2D eigenvalue weighted by Crippen LogP contribution is -2.19. The monoisotopic (exact) mass is 329 g/mol. The maximum absolute atomic E-state index is 13.8. The van der Waals surface area contributed by atoms with Gasteiger partial charge in [-0.05, 0) is 58.9 Å². The number of hydrogen-bond acceptors (Lipinski definition) is 1. The molecule has 0 radical (unpaired) electrons. The Morgan fingerprint density at radius 2 is 1.74 bits per heavy atom. The van der Waals surface area contributed by atoms with Crippen LogP contribution in [0.2, 0.25) is 0 Å². The van der Waals surface area contributed by atoms with Crippen LogP contribution < -0.4 is 5.32 Å². The van der Waals surface area contributed by atoms with E-state index >= 15 is 0 Å². The first-order chi connectivity index (χ1) is 9.02. The summed E-state index contributed by atoms with van der Waals surface area (Å²) in [6.07, 6.45) is 0. The minimum Gasteiger partial charge on any atom is -0.309 e. The Morgan fingerprint density at radius 3 is 2.37 bits per heavy atom. The van der Waals surface area contributed by atoms with Crippen LogP contribution in [0.5, 0.6) is 0 Å². The molecule has 0 aliphatic heterocycles. The van der Waals surface area contributed by atoms with Crippen molar-refractivity contribution in [3.8, 4) is 0 Å². The SMILES string of the molecule is CNC(c1ccc(Br)c(F)c1)c1cc(F)ccc1F. The van der Waals surface area contributed by atoms with Gasteiger partial charge in [-0.15, -0.1) is 0 Å². The van der Waals surface area contributed by atoms with Crippen LogP contribution >= 0.6 is 15.9 Å². The van der Waals surface area contributed by atoms with Crippen molar-refractivity contribution in [1.29, 1.82) is 0 Å². The largest absolute Gasteiger partial charge is 0.309 e. The maximum atomic E-state index is 13.8. The Hall–Kier alpha value is -1.33. The molecule has 0 aliphatic rings. The van der Waals surface area contributed by atoms with Gasteiger partial charge in [-0.2, -0.15) is 0 Å². The number of rotatable bonds is 3. The number of halogens is 4. The second-order valence-corrected chi connectivity index (χ2v) is 4.92. The highest BCUT2D eigenvalue weighted by Gasteiger charge is 2.18. The molecule has 0 saturated heterocycles. The van der Waals surface area contributed by atoms with E-state index in [1.807, 2.05) is 0 Å². The summed E-state index contributed by atoms with van der Waals surface area (Å²) in [5.74, 6) is -1.52. The number of nitrogens with one attached hydrogen (secondary N) is 1. The molecular weight excluding hydrogens is 319 g/mol. The van der Waals surface area contributed by atoms with Gasteiger partial charge in [0, 0.05) is 5.56 Å². The van der Waals surface area contributed by atoms with E-state index in [9.17, 15) is 13.2 Å². The Balaban J connectivity index is 2.49. The van der Waals surface area contributed by atoms with Gasteiger partial charge in [0.05, 0.1) is 10.5 Å². The highest BCUT2D eigenvalue weighted by atomic mass is 79.9. The Kier molecular flexibility index (Phi) is 4.27. The summed E-state index contributed by atoms with van der Waals surface area (Å²) < 4.78 is 40.8. The van der Waals surface area contributed by atoms with Crippen LogP contribution in [0.4, 0.5) is 13.2 Å². The fourth-order valence-corrected chi connectivity index (χ4v) is 2.18. The second-order valence-electron chi connectivity index (χ2n) is 4.06. The summed E-state index contributed by atoms with van der Waals surface area (Å²) >= 11 is 3.05. The van der Waals surface area contributed by atoms with E-state index in [2.05, 4.69) is 21.2 Å². The van der Waals surface area contributed by atoms with Gasteiger partial charge in [-0.1, -0.05) is 6.07 Å². The Morgan fingerprint density at radius 1 is 1.00 bits per heavy atom. The van der Waals surface area contributed by atoms with Gasteiger partial charge >= 0.3 is 0 Å². The van der Waals surface area contributed by atoms with Crippen LogP contribution in [0, 0.1) is 17.5 Å². The van der Waals surface area contributed by atoms with Crippen molar-refractivity contribution < 1.29 is 13.2 Å². The van der Waals surface area contributed by atoms with Gasteiger partial charge in [0.2, 0.25) is 0 Å². The molecule has 0 aliphatic carbocycles. The summed E-state index contributed by atoms with van der Waals surface area (Å²) in [4.78, 5) is 0. The van der Waals surface area contributed by atoms with Gasteiger partial charge in [-0.3, -0.25) is 0 Å². The first-order valence-corrected chi connectivity index (χ1v) is 6.39. The van der Waals surface area contributed by atoms with Gasteiger partial charge in [-0.25, -0.2) is 13.2 Å². The molecular formula is C14H11BrF3N. The smallest absolute Gasteiger partial charge is 0.137 e. The van der Waals surface area contributed by atoms with E-state index in [1.165, 1.54) is 12.1 Å². The van der Waals surface area contributed by atoms with Crippen molar-refractivity contribution in [2.24, 2.45) is 0 Å². The first-order valence-electron chi connectivity index (χ1n) is 5.60. The second kappa shape index (κ2) is 5.75. The van der Waals surface area contributed by atoms with Gasteiger partial charge < -0.3 is 5.32 Å². The highest BCUT2D eigenvalue weighted by molar-refractivity contribution is 9.10. The van der Waals surface area contributed by atoms with Crippen molar-refractivity contribution >= 4 is 15.9 Å². The molecule has 1 unspecified atom stereocenters. The zero-order valence-corrected chi connectivity index (χ0v) is 11.6. The predicted molar refractivity (Wildman–Crippen MR) is 71.4 cm³/mol. The molecule has 1 N–H and O–H groups in total. The van der Waals surface area contributed by atoms with Gasteiger partial charge in [0.15, 0.2) is 0 Å². The lowest BCUT2D eigenvalue weighted by Gasteiger charge is -2.18. The van der Waals surface area contributed by atoms with Crippen molar-refractivity contribution in [2.45, 2.75) is 6.04 Å². The zero-order valence-electron chi connectivity index (χ0n) is 10.1. The van der Waals surface area contributed by atoms with Crippen LogP contribution in [0.3, 0.4) is 0 Å². The molecule has 0 aromatic heterocycles. The molecule has 2 rings (SSSR count). The third kappa shape index (κ3) is 2.98. The first kappa shape index (κ1) is 14.1. The fraction of sp³-hybridized carbons (Fsp3) is 0.143. The number of hydrogen-bond donors (Lipinski definition) is 1. The lowest BCUT2D eigenvalue weighted by molar-refractivity contribution is 0.555. The fourth-order valence-electron chi connectivity index (χ4n) is 1.93. The molecule has 1 atom stereocenters. The van der Waals surface area contributed by atoms with E-state index in [0.717, 1.165) is 18.2 Å². The van der Waals surface area contributed by atoms with Crippen molar-refractivity contribution in [1.82, 2.24) is 5.32 Å². The van der Waals surface area contributed by atoms with Crippen molar-refractivity contribution in [3.05, 3.63) is 69.4 Å². The van der Waals surface area contributed by atoms with Gasteiger partial charge in [0.25, 0.3) is 0 Å². The molecule has 19 heavy (non-hydrogen) atoms. The topological polar surface area (TPSA) is 12.0 Å². The summed E-state index contributed by atoms with van der Waals surface area (Å²) in [5, 5.41) is 2.86. The predicted octanol–water partition coefficient (Wildman–Crippen LogP) is 4.18. The van der Waals surface area contributed by atoms with E-state index in [0.29, 0.717) is 10.0 Å². The minimum atomic E-state index is -0.613. The molecule has 2 aromatic carbocycles. The van der Waals surface area contributed by atoms with Crippen LogP contribution in [0.1, 0.15) is 17.2 Å². The van der Waals surface area contributed by atoms with Crippen LogP contribution in [0.25, 0.3) is 0 Å². The molecule has 0 bridgehead atoms. The average Bonchev–Trinajstić information content (AvgIpc) is 2.38. The summed E-state index contributed by atoms with van der Waals surface area (Å²) in [7, 11) is 1.61. The van der Waals surface area contributed by atoms with Crippen molar-refractivity contribution in [3.63, 3.8) is 0 Å². The molecule has 0 fully saturated rings. The summed E-state index contributed by atoms with van der Waals surface area (Å²) in [6.45, 7) is 0. The summed E-state index contributed by atoms with van der Waals surface area (Å²) in [6, 6.07) is 7.08. The van der Waals surface area contributed by atoms with E-state index in [-0.39, 0.29) is 5.56 Å². The molecule has 1 nitrogen and oxygen atoms in total. The maximum Gasteiger partial charge on any atom is 0.137 e. The quantitative estimate of drug-likeness (QED) is 0.890. The molecule has 5 heteroatoms. The zero-order chi connectivity index (χ0) is 14.0. The molecule has 2 aromatic rings. The van der Waals surface area contributed by atoms with Crippen LogP contribution in [0.15, 0.2) is 40.9 Å². The van der Waals surface area contributed by atoms with E-state index in [4.69, 9.17) is 0 Å². The van der Waals surface area contributed by atoms with E-state index in [1.54, 1.807) is 13.1 Å². The third-order valence-corrected chi connectivity index (χ3v) is 3.48.